The molecule has 9 rings (SSSR count). The first kappa shape index (κ1) is 23.9. The molecule has 2 heterocycles. The molecule has 0 saturated heterocycles. The number of hydrogen-bond acceptors (Lipinski definition) is 4. The molecule has 43 heavy (non-hydrogen) atoms. The number of para-hydroxylation sites is 2. The maximum Gasteiger partial charge on any atom is 0.248 e. The van der Waals surface area contributed by atoms with Crippen molar-refractivity contribution in [1.82, 2.24) is 10.2 Å². The van der Waals surface area contributed by atoms with Crippen LogP contribution >= 0.6 is 0 Å². The van der Waals surface area contributed by atoms with Crippen LogP contribution in [0.15, 0.2) is 156 Å². The molecule has 4 nitrogen and oxygen atoms in total. The molecule has 4 heteroatoms. The molecule has 7 aromatic rings. The number of aromatic nitrogens is 2. The molecule has 1 aliphatic carbocycles. The zero-order valence-corrected chi connectivity index (χ0v) is 23.2. The van der Waals surface area contributed by atoms with Crippen LogP contribution in [-0.4, -0.2) is 10.2 Å². The van der Waals surface area contributed by atoms with E-state index in [9.17, 15) is 0 Å². The first-order valence-corrected chi connectivity index (χ1v) is 14.5. The minimum absolute atomic E-state index is 0.501. The van der Waals surface area contributed by atoms with Crippen molar-refractivity contribution < 1.29 is 4.42 Å². The van der Waals surface area contributed by atoms with Gasteiger partial charge in [-0.15, -0.1) is 10.2 Å². The van der Waals surface area contributed by atoms with Gasteiger partial charge in [0.1, 0.15) is 0 Å². The van der Waals surface area contributed by atoms with E-state index in [-0.39, 0.29) is 0 Å². The lowest BCUT2D eigenvalue weighted by atomic mass is 9.64. The van der Waals surface area contributed by atoms with Crippen LogP contribution < -0.4 is 4.90 Å². The van der Waals surface area contributed by atoms with Crippen LogP contribution in [0.5, 0.6) is 0 Å². The van der Waals surface area contributed by atoms with Crippen LogP contribution in [0.1, 0.15) is 22.3 Å². The fourth-order valence-corrected chi connectivity index (χ4v) is 7.13. The average Bonchev–Trinajstić information content (AvgIpc) is 3.69. The third-order valence-corrected chi connectivity index (χ3v) is 8.85. The van der Waals surface area contributed by atoms with Gasteiger partial charge in [-0.2, -0.15) is 0 Å². The zero-order valence-electron chi connectivity index (χ0n) is 23.2. The second-order valence-corrected chi connectivity index (χ2v) is 11.0. The number of hydrogen-bond donors (Lipinski definition) is 0. The molecule has 0 saturated carbocycles. The Labute approximate surface area is 249 Å². The molecular weight excluding hydrogens is 526 g/mol. The topological polar surface area (TPSA) is 42.2 Å². The van der Waals surface area contributed by atoms with Crippen LogP contribution in [0.25, 0.3) is 34.0 Å². The van der Waals surface area contributed by atoms with Crippen molar-refractivity contribution in [3.05, 3.63) is 174 Å². The van der Waals surface area contributed by atoms with E-state index in [2.05, 4.69) is 136 Å². The molecule has 1 spiro atoms. The summed E-state index contributed by atoms with van der Waals surface area (Å²) in [4.78, 5) is 2.38. The van der Waals surface area contributed by atoms with Crippen molar-refractivity contribution in [2.75, 3.05) is 4.90 Å². The van der Waals surface area contributed by atoms with Gasteiger partial charge >= 0.3 is 0 Å². The Morgan fingerprint density at radius 2 is 0.977 bits per heavy atom. The first-order chi connectivity index (χ1) is 21.3. The minimum Gasteiger partial charge on any atom is -0.416 e. The lowest BCUT2D eigenvalue weighted by Crippen LogP contribution is -2.36. The van der Waals surface area contributed by atoms with Gasteiger partial charge in [-0.1, -0.05) is 103 Å². The van der Waals surface area contributed by atoms with Gasteiger partial charge in [-0.05, 0) is 81.9 Å². The van der Waals surface area contributed by atoms with E-state index in [0.717, 1.165) is 22.5 Å². The number of nitrogens with zero attached hydrogens (tertiary/aromatic N) is 3. The van der Waals surface area contributed by atoms with Crippen LogP contribution in [-0.2, 0) is 5.41 Å². The maximum atomic E-state index is 6.28. The summed E-state index contributed by atoms with van der Waals surface area (Å²) < 4.78 is 6.28. The van der Waals surface area contributed by atoms with Crippen molar-refractivity contribution in [2.24, 2.45) is 0 Å². The summed E-state index contributed by atoms with van der Waals surface area (Å²) in [5.74, 6) is 1.01. The quantitative estimate of drug-likeness (QED) is 0.219. The molecule has 1 aliphatic heterocycles. The second kappa shape index (κ2) is 9.13. The van der Waals surface area contributed by atoms with Gasteiger partial charge in [-0.3, -0.25) is 0 Å². The largest absolute Gasteiger partial charge is 0.416 e. The molecule has 0 amide bonds. The van der Waals surface area contributed by atoms with Crippen LogP contribution in [0, 0.1) is 0 Å². The number of rotatable bonds is 3. The van der Waals surface area contributed by atoms with E-state index in [4.69, 9.17) is 4.42 Å². The van der Waals surface area contributed by atoms with Gasteiger partial charge in [0.15, 0.2) is 0 Å². The van der Waals surface area contributed by atoms with Gasteiger partial charge in [0.2, 0.25) is 11.8 Å². The van der Waals surface area contributed by atoms with Gasteiger partial charge in [-0.25, -0.2) is 0 Å². The molecule has 0 unspecified atom stereocenters. The van der Waals surface area contributed by atoms with E-state index >= 15 is 0 Å². The fourth-order valence-electron chi connectivity index (χ4n) is 7.13. The van der Waals surface area contributed by atoms with Crippen molar-refractivity contribution in [3.63, 3.8) is 0 Å². The highest BCUT2D eigenvalue weighted by Crippen LogP contribution is 2.63. The molecule has 0 radical (unpaired) electrons. The first-order valence-electron chi connectivity index (χ1n) is 14.5. The van der Waals surface area contributed by atoms with Gasteiger partial charge in [0, 0.05) is 16.8 Å². The third kappa shape index (κ3) is 3.32. The predicted octanol–water partition coefficient (Wildman–Crippen LogP) is 9.55. The Kier molecular flexibility index (Phi) is 5.08. The fraction of sp³-hybridized carbons (Fsp3) is 0.0256. The van der Waals surface area contributed by atoms with Gasteiger partial charge < -0.3 is 9.32 Å². The van der Waals surface area contributed by atoms with Gasteiger partial charge in [0.25, 0.3) is 0 Å². The highest BCUT2D eigenvalue weighted by Gasteiger charge is 2.51. The van der Waals surface area contributed by atoms with E-state index < -0.39 is 5.41 Å². The Morgan fingerprint density at radius 1 is 0.442 bits per heavy atom. The maximum absolute atomic E-state index is 6.28. The second-order valence-electron chi connectivity index (χ2n) is 11.0. The van der Waals surface area contributed by atoms with Crippen LogP contribution in [0.2, 0.25) is 0 Å². The third-order valence-electron chi connectivity index (χ3n) is 8.85. The minimum atomic E-state index is -0.525. The molecule has 6 aromatic carbocycles. The van der Waals surface area contributed by atoms with E-state index in [1.54, 1.807) is 0 Å². The monoisotopic (exact) mass is 551 g/mol. The van der Waals surface area contributed by atoms with E-state index in [1.807, 2.05) is 30.3 Å². The van der Waals surface area contributed by atoms with E-state index in [0.29, 0.717) is 11.8 Å². The Balaban J connectivity index is 1.37. The standard InChI is InChI=1S/C39H25N3O/c1-3-13-26(14-4-1)37-40-41-38(43-37)27-23-24-36-34(25-27)39(31-19-9-7-17-29(31)30-18-8-10-20-32(30)39)33-21-11-12-22-35(33)42(36)28-15-5-2-6-16-28/h1-25H. The normalized spacial score (nSPS) is 13.7. The Hall–Kier alpha value is -5.74. The number of benzene rings is 6. The highest BCUT2D eigenvalue weighted by molar-refractivity contribution is 5.96. The molecule has 0 bridgehead atoms. The zero-order chi connectivity index (χ0) is 28.4. The Bertz CT molecular complexity index is 2100. The number of fused-ring (bicyclic) bond motifs is 9. The summed E-state index contributed by atoms with van der Waals surface area (Å²) >= 11 is 0. The summed E-state index contributed by atoms with van der Waals surface area (Å²) in [7, 11) is 0. The molecule has 0 atom stereocenters. The lowest BCUT2D eigenvalue weighted by Gasteiger charge is -2.45. The molecule has 202 valence electrons. The number of anilines is 3. The van der Waals surface area contributed by atoms with Crippen molar-refractivity contribution in [3.8, 4) is 34.0 Å². The summed E-state index contributed by atoms with van der Waals surface area (Å²) in [6.45, 7) is 0. The molecule has 1 aromatic heterocycles. The SMILES string of the molecule is c1ccc(-c2nnc(-c3ccc4c(c3)C3(c5ccccc5-c5ccccc53)c3ccccc3N4c3ccccc3)o2)cc1. The highest BCUT2D eigenvalue weighted by atomic mass is 16.4. The predicted molar refractivity (Wildman–Crippen MR) is 171 cm³/mol. The van der Waals surface area contributed by atoms with Crippen molar-refractivity contribution in [2.45, 2.75) is 5.41 Å². The van der Waals surface area contributed by atoms with Crippen molar-refractivity contribution in [1.29, 1.82) is 0 Å². The average molecular weight is 552 g/mol. The molecular formula is C39H25N3O. The van der Waals surface area contributed by atoms with E-state index in [1.165, 1.54) is 39.1 Å². The summed E-state index contributed by atoms with van der Waals surface area (Å²) in [6.07, 6.45) is 0. The lowest BCUT2D eigenvalue weighted by molar-refractivity contribution is 0.584. The summed E-state index contributed by atoms with van der Waals surface area (Å²) in [5.41, 5.74) is 12.2. The van der Waals surface area contributed by atoms with Gasteiger partial charge in [0.05, 0.1) is 16.8 Å². The van der Waals surface area contributed by atoms with Crippen LogP contribution in [0.3, 0.4) is 0 Å². The Morgan fingerprint density at radius 3 is 1.67 bits per heavy atom. The summed E-state index contributed by atoms with van der Waals surface area (Å²) in [6, 6.07) is 53.6. The molecule has 2 aliphatic rings. The molecule has 0 fully saturated rings. The van der Waals surface area contributed by atoms with Crippen molar-refractivity contribution >= 4 is 17.1 Å². The molecule has 0 N–H and O–H groups in total. The smallest absolute Gasteiger partial charge is 0.248 e. The summed E-state index contributed by atoms with van der Waals surface area (Å²) in [5, 5.41) is 8.91. The van der Waals surface area contributed by atoms with Crippen LogP contribution in [0.4, 0.5) is 17.1 Å².